The molecule has 1 atom stereocenters. The third kappa shape index (κ3) is 7.83. The highest BCUT2D eigenvalue weighted by atomic mass is 35.5. The zero-order valence-electron chi connectivity index (χ0n) is 11.0. The fraction of sp³-hybridized carbons (Fsp3) is 0.867. The number of halogens is 1. The number of aliphatic hydroxyl groups is 1. The molecule has 0 bridgehead atoms. The lowest BCUT2D eigenvalue weighted by molar-refractivity contribution is 0.197. The van der Waals surface area contributed by atoms with Crippen LogP contribution in [0.3, 0.4) is 0 Å². The molecule has 1 aliphatic rings. The lowest BCUT2D eigenvalue weighted by Gasteiger charge is -2.12. The van der Waals surface area contributed by atoms with Gasteiger partial charge in [0.25, 0.3) is 0 Å². The van der Waals surface area contributed by atoms with Crippen LogP contribution in [0.25, 0.3) is 0 Å². The van der Waals surface area contributed by atoms with Crippen molar-refractivity contribution in [1.82, 2.24) is 0 Å². The van der Waals surface area contributed by atoms with Crippen molar-refractivity contribution in [3.05, 3.63) is 11.6 Å². The standard InChI is InChI=1S/C15H27ClO/c16-13-15(17)12-14-10-8-6-4-2-1-3-5-7-9-11-14/h10,15,17H,1-9,11-13H2/b14-10+. The molecule has 1 N–H and O–H groups in total. The van der Waals surface area contributed by atoms with Gasteiger partial charge in [-0.25, -0.2) is 0 Å². The lowest BCUT2D eigenvalue weighted by atomic mass is 9.97. The Balaban J connectivity index is 2.38. The molecule has 1 aliphatic carbocycles. The molecule has 0 aromatic rings. The molecule has 0 spiro atoms. The quantitative estimate of drug-likeness (QED) is 0.569. The van der Waals surface area contributed by atoms with E-state index in [0.717, 1.165) is 12.8 Å². The van der Waals surface area contributed by atoms with Crippen LogP contribution in [-0.2, 0) is 0 Å². The van der Waals surface area contributed by atoms with E-state index in [2.05, 4.69) is 6.08 Å². The van der Waals surface area contributed by atoms with Crippen molar-refractivity contribution in [2.75, 3.05) is 5.88 Å². The first-order valence-corrected chi connectivity index (χ1v) is 7.78. The summed E-state index contributed by atoms with van der Waals surface area (Å²) in [5.41, 5.74) is 1.43. The van der Waals surface area contributed by atoms with E-state index in [4.69, 9.17) is 11.6 Å². The first-order valence-electron chi connectivity index (χ1n) is 7.25. The van der Waals surface area contributed by atoms with Gasteiger partial charge in [0.2, 0.25) is 0 Å². The third-order valence-electron chi connectivity index (χ3n) is 3.56. The molecule has 1 rings (SSSR count). The Morgan fingerprint density at radius 1 is 1.00 bits per heavy atom. The first-order chi connectivity index (χ1) is 8.33. The molecule has 0 saturated carbocycles. The molecule has 0 aromatic heterocycles. The minimum atomic E-state index is -0.351. The number of hydrogen-bond donors (Lipinski definition) is 1. The smallest absolute Gasteiger partial charge is 0.0712 e. The Hall–Kier alpha value is -0.0100. The summed E-state index contributed by atoms with van der Waals surface area (Å²) in [6.45, 7) is 0. The van der Waals surface area contributed by atoms with Crippen molar-refractivity contribution in [2.24, 2.45) is 0 Å². The summed E-state index contributed by atoms with van der Waals surface area (Å²) in [6, 6.07) is 0. The average molecular weight is 259 g/mol. The molecule has 0 aliphatic heterocycles. The molecule has 0 fully saturated rings. The Morgan fingerprint density at radius 3 is 2.24 bits per heavy atom. The minimum absolute atomic E-state index is 0.351. The minimum Gasteiger partial charge on any atom is -0.392 e. The van der Waals surface area contributed by atoms with Crippen LogP contribution >= 0.6 is 11.6 Å². The van der Waals surface area contributed by atoms with Crippen molar-refractivity contribution in [2.45, 2.75) is 76.7 Å². The Bertz CT molecular complexity index is 213. The van der Waals surface area contributed by atoms with Crippen LogP contribution in [0.5, 0.6) is 0 Å². The van der Waals surface area contributed by atoms with Crippen LogP contribution in [0.15, 0.2) is 11.6 Å². The zero-order chi connectivity index (χ0) is 12.3. The summed E-state index contributed by atoms with van der Waals surface area (Å²) in [5.74, 6) is 0.358. The summed E-state index contributed by atoms with van der Waals surface area (Å²) in [6.07, 6.45) is 16.0. The number of rotatable bonds is 3. The summed E-state index contributed by atoms with van der Waals surface area (Å²) in [7, 11) is 0. The first kappa shape index (κ1) is 15.0. The number of alkyl halides is 1. The molecule has 1 nitrogen and oxygen atoms in total. The average Bonchev–Trinajstić information content (AvgIpc) is 2.32. The van der Waals surface area contributed by atoms with E-state index in [1.54, 1.807) is 0 Å². The second kappa shape index (κ2) is 9.96. The van der Waals surface area contributed by atoms with Crippen LogP contribution in [0.2, 0.25) is 0 Å². The van der Waals surface area contributed by atoms with Crippen molar-refractivity contribution >= 4 is 11.6 Å². The van der Waals surface area contributed by atoms with Gasteiger partial charge in [-0.15, -0.1) is 11.6 Å². The fourth-order valence-corrected chi connectivity index (χ4v) is 2.62. The molecule has 17 heavy (non-hydrogen) atoms. The van der Waals surface area contributed by atoms with Gasteiger partial charge >= 0.3 is 0 Å². The molecular weight excluding hydrogens is 232 g/mol. The van der Waals surface area contributed by atoms with Gasteiger partial charge in [-0.2, -0.15) is 0 Å². The predicted octanol–water partition coefficient (Wildman–Crippen LogP) is 4.82. The molecule has 100 valence electrons. The maximum absolute atomic E-state index is 9.63. The molecule has 0 saturated heterocycles. The second-order valence-corrected chi connectivity index (χ2v) is 5.55. The fourth-order valence-electron chi connectivity index (χ4n) is 2.51. The van der Waals surface area contributed by atoms with Gasteiger partial charge in [0.15, 0.2) is 0 Å². The van der Waals surface area contributed by atoms with E-state index in [0.29, 0.717) is 5.88 Å². The SMILES string of the molecule is OC(CCl)C/C1=C/CCCCCCCCCC1. The van der Waals surface area contributed by atoms with Crippen LogP contribution in [-0.4, -0.2) is 17.1 Å². The van der Waals surface area contributed by atoms with Crippen LogP contribution < -0.4 is 0 Å². The van der Waals surface area contributed by atoms with E-state index in [-0.39, 0.29) is 6.10 Å². The van der Waals surface area contributed by atoms with Gasteiger partial charge in [-0.3, -0.25) is 0 Å². The molecule has 1 unspecified atom stereocenters. The van der Waals surface area contributed by atoms with E-state index < -0.39 is 0 Å². The number of aliphatic hydroxyl groups excluding tert-OH is 1. The molecule has 0 heterocycles. The van der Waals surface area contributed by atoms with Gasteiger partial charge in [0, 0.05) is 5.88 Å². The Labute approximate surface area is 111 Å². The Kier molecular flexibility index (Phi) is 8.82. The van der Waals surface area contributed by atoms with Crippen LogP contribution in [0.4, 0.5) is 0 Å². The maximum Gasteiger partial charge on any atom is 0.0712 e. The normalized spacial score (nSPS) is 25.2. The summed E-state index contributed by atoms with van der Waals surface area (Å²) < 4.78 is 0. The summed E-state index contributed by atoms with van der Waals surface area (Å²) in [5, 5.41) is 9.63. The van der Waals surface area contributed by atoms with E-state index in [9.17, 15) is 5.11 Å². The van der Waals surface area contributed by atoms with Gasteiger partial charge in [0.05, 0.1) is 6.10 Å². The number of hydrogen-bond acceptors (Lipinski definition) is 1. The maximum atomic E-state index is 9.63. The van der Waals surface area contributed by atoms with Crippen LogP contribution in [0, 0.1) is 0 Å². The molecule has 0 radical (unpaired) electrons. The van der Waals surface area contributed by atoms with E-state index >= 15 is 0 Å². The second-order valence-electron chi connectivity index (χ2n) is 5.24. The third-order valence-corrected chi connectivity index (χ3v) is 3.92. The van der Waals surface area contributed by atoms with Gasteiger partial charge in [0.1, 0.15) is 0 Å². The summed E-state index contributed by atoms with van der Waals surface area (Å²) >= 11 is 5.67. The van der Waals surface area contributed by atoms with Crippen molar-refractivity contribution in [3.8, 4) is 0 Å². The number of allylic oxidation sites excluding steroid dienone is 1. The zero-order valence-corrected chi connectivity index (χ0v) is 11.7. The van der Waals surface area contributed by atoms with Crippen molar-refractivity contribution < 1.29 is 5.11 Å². The predicted molar refractivity (Wildman–Crippen MR) is 75.6 cm³/mol. The highest BCUT2D eigenvalue weighted by Crippen LogP contribution is 2.20. The van der Waals surface area contributed by atoms with Crippen LogP contribution in [0.1, 0.15) is 70.6 Å². The largest absolute Gasteiger partial charge is 0.392 e. The van der Waals surface area contributed by atoms with Gasteiger partial charge in [-0.1, -0.05) is 50.2 Å². The van der Waals surface area contributed by atoms with Gasteiger partial charge < -0.3 is 5.11 Å². The van der Waals surface area contributed by atoms with E-state index in [1.165, 1.54) is 63.4 Å². The topological polar surface area (TPSA) is 20.2 Å². The van der Waals surface area contributed by atoms with Crippen molar-refractivity contribution in [3.63, 3.8) is 0 Å². The van der Waals surface area contributed by atoms with Gasteiger partial charge in [-0.05, 0) is 32.1 Å². The van der Waals surface area contributed by atoms with Crippen molar-refractivity contribution in [1.29, 1.82) is 0 Å². The Morgan fingerprint density at radius 2 is 1.59 bits per heavy atom. The molecule has 0 aromatic carbocycles. The monoisotopic (exact) mass is 258 g/mol. The highest BCUT2D eigenvalue weighted by Gasteiger charge is 2.06. The van der Waals surface area contributed by atoms with E-state index in [1.807, 2.05) is 0 Å². The summed E-state index contributed by atoms with van der Waals surface area (Å²) in [4.78, 5) is 0. The lowest BCUT2D eigenvalue weighted by Crippen LogP contribution is -2.09. The molecular formula is C15H27ClO. The molecule has 0 amide bonds. The molecule has 2 heteroatoms. The highest BCUT2D eigenvalue weighted by molar-refractivity contribution is 6.18.